The Bertz CT molecular complexity index is 901. The standard InChI is InChI=1S/C27H47NO6S.Na/c1-17(5-10-25(31)28(4)13-14-35(32,33)34)21-8-9-22-20-7-6-18-15-19(29)11-12-26(18,2)23(20)16-24(30)27(21,22)3;/h17-24,29-30H,5-16H2,1-4H3,(H,32,33,34);/q;+1/p-1/t17-,18?,19-,20?,21-,22?,23?,24+,26+,27-;/m1./s1. The molecule has 0 aromatic carbocycles. The fourth-order valence-electron chi connectivity index (χ4n) is 9.28. The van der Waals surface area contributed by atoms with Crippen molar-refractivity contribution in [2.75, 3.05) is 19.3 Å². The molecule has 0 aromatic heterocycles. The van der Waals surface area contributed by atoms with E-state index in [4.69, 9.17) is 0 Å². The Morgan fingerprint density at radius 1 is 1.08 bits per heavy atom. The molecule has 10 atom stereocenters. The van der Waals surface area contributed by atoms with Crippen molar-refractivity contribution in [2.45, 2.75) is 97.2 Å². The van der Waals surface area contributed by atoms with Gasteiger partial charge in [0.15, 0.2) is 0 Å². The van der Waals surface area contributed by atoms with Crippen LogP contribution in [0.4, 0.5) is 0 Å². The van der Waals surface area contributed by atoms with Gasteiger partial charge in [0, 0.05) is 20.0 Å². The van der Waals surface area contributed by atoms with Crippen molar-refractivity contribution in [3.8, 4) is 0 Å². The summed E-state index contributed by atoms with van der Waals surface area (Å²) in [6.07, 6.45) is 8.89. The van der Waals surface area contributed by atoms with Crippen LogP contribution in [0.1, 0.15) is 85.0 Å². The fourth-order valence-corrected chi connectivity index (χ4v) is 9.77. The average molecular weight is 536 g/mol. The maximum atomic E-state index is 12.5. The minimum absolute atomic E-state index is 0. The summed E-state index contributed by atoms with van der Waals surface area (Å²) >= 11 is 0. The molecular formula is C27H46NNaO6S. The van der Waals surface area contributed by atoms with Crippen LogP contribution in [-0.4, -0.2) is 65.5 Å². The molecular weight excluding hydrogens is 489 g/mol. The first-order valence-corrected chi connectivity index (χ1v) is 15.4. The molecule has 0 bridgehead atoms. The van der Waals surface area contributed by atoms with Gasteiger partial charge in [-0.2, -0.15) is 0 Å². The van der Waals surface area contributed by atoms with Gasteiger partial charge in [0.25, 0.3) is 0 Å². The molecule has 2 N–H and O–H groups in total. The molecule has 4 fully saturated rings. The molecule has 4 aliphatic carbocycles. The van der Waals surface area contributed by atoms with Gasteiger partial charge in [-0.3, -0.25) is 4.79 Å². The molecule has 36 heavy (non-hydrogen) atoms. The summed E-state index contributed by atoms with van der Waals surface area (Å²) < 4.78 is 32.6. The maximum absolute atomic E-state index is 12.5. The minimum atomic E-state index is -4.33. The second-order valence-corrected chi connectivity index (χ2v) is 14.5. The third-order valence-corrected chi connectivity index (χ3v) is 12.1. The first kappa shape index (κ1) is 30.8. The predicted octanol–water partition coefficient (Wildman–Crippen LogP) is 0.401. The molecule has 7 nitrogen and oxygen atoms in total. The molecule has 4 aliphatic rings. The third-order valence-electron chi connectivity index (χ3n) is 11.4. The van der Waals surface area contributed by atoms with Crippen LogP contribution in [0, 0.1) is 46.3 Å². The number of nitrogens with zero attached hydrogens (tertiary/aromatic N) is 1. The minimum Gasteiger partial charge on any atom is -0.748 e. The van der Waals surface area contributed by atoms with Crippen LogP contribution in [0.3, 0.4) is 0 Å². The monoisotopic (exact) mass is 535 g/mol. The Balaban J connectivity index is 0.00000361. The number of fused-ring (bicyclic) bond motifs is 5. The number of hydrogen-bond donors (Lipinski definition) is 2. The molecule has 1 amide bonds. The SMILES string of the molecule is C[C@H](CCC(=O)N(C)CCS(=O)(=O)[O-])[C@H]1CCC2C3CCC4C[C@H](O)CC[C@]4(C)C3C[C@H](O)[C@@]21C.[Na+]. The van der Waals surface area contributed by atoms with Gasteiger partial charge < -0.3 is 19.7 Å². The van der Waals surface area contributed by atoms with Gasteiger partial charge in [0.05, 0.1) is 28.1 Å². The van der Waals surface area contributed by atoms with Crippen LogP contribution in [-0.2, 0) is 14.9 Å². The van der Waals surface area contributed by atoms with Gasteiger partial charge in [-0.25, -0.2) is 8.42 Å². The molecule has 0 radical (unpaired) electrons. The van der Waals surface area contributed by atoms with Crippen LogP contribution in [0.2, 0.25) is 0 Å². The van der Waals surface area contributed by atoms with Crippen molar-refractivity contribution in [1.82, 2.24) is 4.90 Å². The van der Waals surface area contributed by atoms with Crippen LogP contribution in [0.5, 0.6) is 0 Å². The molecule has 0 aromatic rings. The Morgan fingerprint density at radius 3 is 2.44 bits per heavy atom. The van der Waals surface area contributed by atoms with Crippen molar-refractivity contribution in [2.24, 2.45) is 46.3 Å². The summed E-state index contributed by atoms with van der Waals surface area (Å²) in [6.45, 7) is 6.87. The average Bonchev–Trinajstić information content (AvgIpc) is 3.15. The summed E-state index contributed by atoms with van der Waals surface area (Å²) in [5.74, 6) is 2.21. The van der Waals surface area contributed by atoms with Crippen LogP contribution >= 0.6 is 0 Å². The largest absolute Gasteiger partial charge is 1.00 e. The molecule has 0 spiro atoms. The third kappa shape index (κ3) is 5.75. The topological polar surface area (TPSA) is 118 Å². The van der Waals surface area contributed by atoms with E-state index in [1.165, 1.54) is 17.7 Å². The Hall–Kier alpha value is 0.300. The maximum Gasteiger partial charge on any atom is 1.00 e. The van der Waals surface area contributed by atoms with E-state index in [1.807, 2.05) is 0 Å². The molecule has 202 valence electrons. The zero-order valence-electron chi connectivity index (χ0n) is 23.0. The van der Waals surface area contributed by atoms with Crippen molar-refractivity contribution in [3.63, 3.8) is 0 Å². The Morgan fingerprint density at radius 2 is 1.78 bits per heavy atom. The number of aliphatic hydroxyl groups excluding tert-OH is 2. The van der Waals surface area contributed by atoms with Crippen LogP contribution < -0.4 is 29.6 Å². The van der Waals surface area contributed by atoms with Crippen molar-refractivity contribution < 1.29 is 57.5 Å². The number of carbonyl (C=O) groups excluding carboxylic acids is 1. The normalized spacial score (nSPS) is 42.9. The van der Waals surface area contributed by atoms with Crippen LogP contribution in [0.25, 0.3) is 0 Å². The molecule has 4 unspecified atom stereocenters. The van der Waals surface area contributed by atoms with E-state index in [2.05, 4.69) is 20.8 Å². The van der Waals surface area contributed by atoms with Crippen molar-refractivity contribution >= 4 is 16.0 Å². The summed E-state index contributed by atoms with van der Waals surface area (Å²) in [6, 6.07) is 0. The number of carbonyl (C=O) groups is 1. The van der Waals surface area contributed by atoms with Gasteiger partial charge in [-0.1, -0.05) is 20.8 Å². The smallest absolute Gasteiger partial charge is 0.748 e. The van der Waals surface area contributed by atoms with E-state index in [1.54, 1.807) is 7.05 Å². The summed E-state index contributed by atoms with van der Waals surface area (Å²) in [5, 5.41) is 21.9. The molecule has 0 saturated heterocycles. The second kappa shape index (κ2) is 11.4. The first-order chi connectivity index (χ1) is 16.3. The quantitative estimate of drug-likeness (QED) is 0.360. The van der Waals surface area contributed by atoms with E-state index >= 15 is 0 Å². The van der Waals surface area contributed by atoms with Gasteiger partial charge in [0.2, 0.25) is 5.91 Å². The fraction of sp³-hybridized carbons (Fsp3) is 0.963. The molecule has 4 saturated carbocycles. The van der Waals surface area contributed by atoms with Gasteiger partial charge in [-0.05, 0) is 104 Å². The predicted molar refractivity (Wildman–Crippen MR) is 133 cm³/mol. The molecule has 9 heteroatoms. The molecule has 4 rings (SSSR count). The summed E-state index contributed by atoms with van der Waals surface area (Å²) in [5.41, 5.74) is 0.0896. The van der Waals surface area contributed by atoms with E-state index < -0.39 is 15.9 Å². The second-order valence-electron chi connectivity index (χ2n) is 13.0. The van der Waals surface area contributed by atoms with E-state index in [-0.39, 0.29) is 71.0 Å². The zero-order chi connectivity index (χ0) is 25.8. The number of aliphatic hydroxyl groups is 2. The van der Waals surface area contributed by atoms with Crippen molar-refractivity contribution in [3.05, 3.63) is 0 Å². The zero-order valence-corrected chi connectivity index (χ0v) is 25.8. The molecule has 0 heterocycles. The number of amides is 1. The van der Waals surface area contributed by atoms with Gasteiger partial charge in [0.1, 0.15) is 0 Å². The van der Waals surface area contributed by atoms with Gasteiger partial charge in [-0.15, -0.1) is 0 Å². The van der Waals surface area contributed by atoms with Gasteiger partial charge >= 0.3 is 29.6 Å². The van der Waals surface area contributed by atoms with E-state index in [0.717, 1.165) is 38.5 Å². The van der Waals surface area contributed by atoms with Crippen molar-refractivity contribution in [1.29, 1.82) is 0 Å². The molecule has 0 aliphatic heterocycles. The Kier molecular flexibility index (Phi) is 9.78. The first-order valence-electron chi connectivity index (χ1n) is 13.8. The Labute approximate surface area is 240 Å². The summed E-state index contributed by atoms with van der Waals surface area (Å²) in [7, 11) is -2.78. The number of rotatable bonds is 7. The number of hydrogen-bond acceptors (Lipinski definition) is 6. The summed E-state index contributed by atoms with van der Waals surface area (Å²) in [4.78, 5) is 13.9. The van der Waals surface area contributed by atoms with E-state index in [9.17, 15) is 28.0 Å². The van der Waals surface area contributed by atoms with Crippen LogP contribution in [0.15, 0.2) is 0 Å². The van der Waals surface area contributed by atoms with E-state index in [0.29, 0.717) is 42.4 Å².